The second-order valence-corrected chi connectivity index (χ2v) is 7.39. The molecule has 1 saturated heterocycles. The van der Waals surface area contributed by atoms with Gasteiger partial charge in [0.15, 0.2) is 0 Å². The summed E-state index contributed by atoms with van der Waals surface area (Å²) >= 11 is 0. The van der Waals surface area contributed by atoms with Crippen LogP contribution < -0.4 is 9.47 Å². The van der Waals surface area contributed by atoms with Crippen molar-refractivity contribution in [1.82, 2.24) is 4.90 Å². The fraction of sp³-hybridized carbons (Fsp3) is 0.364. The molecule has 1 amide bonds. The summed E-state index contributed by atoms with van der Waals surface area (Å²) in [5, 5.41) is 9.67. The van der Waals surface area contributed by atoms with Gasteiger partial charge >= 0.3 is 5.97 Å². The zero-order valence-electron chi connectivity index (χ0n) is 15.7. The van der Waals surface area contributed by atoms with Crippen molar-refractivity contribution < 1.29 is 24.2 Å². The first kappa shape index (κ1) is 18.3. The molecule has 146 valence electrons. The van der Waals surface area contributed by atoms with Crippen molar-refractivity contribution in [3.8, 4) is 11.5 Å². The Labute approximate surface area is 163 Å². The lowest BCUT2D eigenvalue weighted by molar-refractivity contribution is -0.142. The van der Waals surface area contributed by atoms with E-state index in [0.29, 0.717) is 19.6 Å². The van der Waals surface area contributed by atoms with Crippen LogP contribution in [0, 0.1) is 11.8 Å². The van der Waals surface area contributed by atoms with Gasteiger partial charge in [-0.25, -0.2) is 0 Å². The van der Waals surface area contributed by atoms with Crippen molar-refractivity contribution in [2.24, 2.45) is 11.8 Å². The Hall–Kier alpha value is -3.02. The lowest BCUT2D eigenvalue weighted by Gasteiger charge is -2.28. The normalized spacial score (nSPS) is 23.6. The van der Waals surface area contributed by atoms with Gasteiger partial charge in [-0.05, 0) is 35.7 Å². The summed E-state index contributed by atoms with van der Waals surface area (Å²) in [6, 6.07) is 15.2. The van der Waals surface area contributed by atoms with Crippen molar-refractivity contribution >= 4 is 11.9 Å². The monoisotopic (exact) mass is 381 g/mol. The molecule has 2 aliphatic heterocycles. The van der Waals surface area contributed by atoms with Crippen LogP contribution in [0.15, 0.2) is 48.5 Å². The molecule has 0 saturated carbocycles. The van der Waals surface area contributed by atoms with Crippen molar-refractivity contribution in [2.75, 3.05) is 26.8 Å². The quantitative estimate of drug-likeness (QED) is 0.881. The van der Waals surface area contributed by atoms with Crippen LogP contribution in [0.4, 0.5) is 0 Å². The molecule has 3 unspecified atom stereocenters. The van der Waals surface area contributed by atoms with E-state index < -0.39 is 11.9 Å². The largest absolute Gasteiger partial charge is 0.497 e. The van der Waals surface area contributed by atoms with Gasteiger partial charge in [0.25, 0.3) is 0 Å². The molecule has 3 atom stereocenters. The Kier molecular flexibility index (Phi) is 4.94. The van der Waals surface area contributed by atoms with Crippen LogP contribution in [0.25, 0.3) is 0 Å². The SMILES string of the molecule is COc1ccc2c(c1)CC(C(=O)N1CC(C(=O)O)C(c3ccccc3)C1)CO2. The smallest absolute Gasteiger partial charge is 0.308 e. The van der Waals surface area contributed by atoms with Crippen LogP contribution in [0.1, 0.15) is 17.0 Å². The second-order valence-electron chi connectivity index (χ2n) is 7.39. The van der Waals surface area contributed by atoms with Crippen LogP contribution in [-0.4, -0.2) is 48.7 Å². The van der Waals surface area contributed by atoms with E-state index in [2.05, 4.69) is 0 Å². The zero-order valence-corrected chi connectivity index (χ0v) is 15.7. The number of carboxylic acid groups (broad SMARTS) is 1. The number of hydrogen-bond donors (Lipinski definition) is 1. The van der Waals surface area contributed by atoms with Gasteiger partial charge in [0.2, 0.25) is 5.91 Å². The third-order valence-corrected chi connectivity index (χ3v) is 5.70. The summed E-state index contributed by atoms with van der Waals surface area (Å²) in [5.74, 6) is -0.507. The minimum Gasteiger partial charge on any atom is -0.497 e. The maximum Gasteiger partial charge on any atom is 0.308 e. The molecule has 0 bridgehead atoms. The first-order valence-corrected chi connectivity index (χ1v) is 9.43. The molecule has 1 N–H and O–H groups in total. The summed E-state index contributed by atoms with van der Waals surface area (Å²) < 4.78 is 11.0. The van der Waals surface area contributed by atoms with E-state index in [1.165, 1.54) is 0 Å². The van der Waals surface area contributed by atoms with Gasteiger partial charge in [0.1, 0.15) is 18.1 Å². The number of carbonyl (C=O) groups excluding carboxylic acids is 1. The first-order chi connectivity index (χ1) is 13.6. The molecule has 6 nitrogen and oxygen atoms in total. The number of rotatable bonds is 4. The highest BCUT2D eigenvalue weighted by atomic mass is 16.5. The Balaban J connectivity index is 1.51. The van der Waals surface area contributed by atoms with Gasteiger partial charge in [-0.15, -0.1) is 0 Å². The number of carboxylic acids is 1. The summed E-state index contributed by atoms with van der Waals surface area (Å²) in [6.45, 7) is 0.957. The minimum absolute atomic E-state index is 0.0434. The summed E-state index contributed by atoms with van der Waals surface area (Å²) in [4.78, 5) is 26.6. The Morgan fingerprint density at radius 1 is 1.14 bits per heavy atom. The van der Waals surface area contributed by atoms with Crippen molar-refractivity contribution in [3.63, 3.8) is 0 Å². The average molecular weight is 381 g/mol. The molecule has 4 rings (SSSR count). The molecule has 2 aromatic carbocycles. The van der Waals surface area contributed by atoms with E-state index >= 15 is 0 Å². The van der Waals surface area contributed by atoms with Crippen LogP contribution >= 0.6 is 0 Å². The maximum absolute atomic E-state index is 13.1. The molecule has 2 aromatic rings. The van der Waals surface area contributed by atoms with E-state index in [1.807, 2.05) is 48.5 Å². The predicted octanol–water partition coefficient (Wildman–Crippen LogP) is 2.57. The van der Waals surface area contributed by atoms with Gasteiger partial charge in [0, 0.05) is 19.0 Å². The van der Waals surface area contributed by atoms with Crippen LogP contribution in [0.5, 0.6) is 11.5 Å². The minimum atomic E-state index is -0.862. The van der Waals surface area contributed by atoms with Crippen molar-refractivity contribution in [1.29, 1.82) is 0 Å². The fourth-order valence-electron chi connectivity index (χ4n) is 4.19. The van der Waals surface area contributed by atoms with E-state index in [1.54, 1.807) is 12.0 Å². The van der Waals surface area contributed by atoms with Crippen molar-refractivity contribution in [2.45, 2.75) is 12.3 Å². The lowest BCUT2D eigenvalue weighted by Crippen LogP contribution is -2.40. The van der Waals surface area contributed by atoms with Gasteiger partial charge in [-0.2, -0.15) is 0 Å². The van der Waals surface area contributed by atoms with Crippen LogP contribution in [0.3, 0.4) is 0 Å². The Morgan fingerprint density at radius 3 is 2.64 bits per heavy atom. The highest BCUT2D eigenvalue weighted by Crippen LogP contribution is 2.36. The number of hydrogen-bond acceptors (Lipinski definition) is 4. The number of likely N-dealkylation sites (tertiary alicyclic amines) is 1. The Bertz CT molecular complexity index is 882. The summed E-state index contributed by atoms with van der Waals surface area (Å²) in [7, 11) is 1.61. The molecular formula is C22H23NO5. The number of benzene rings is 2. The van der Waals surface area contributed by atoms with Gasteiger partial charge in [0.05, 0.1) is 18.9 Å². The van der Waals surface area contributed by atoms with Gasteiger partial charge < -0.3 is 19.5 Å². The maximum atomic E-state index is 13.1. The average Bonchev–Trinajstić information content (AvgIpc) is 3.19. The third-order valence-electron chi connectivity index (χ3n) is 5.70. The fourth-order valence-corrected chi connectivity index (χ4v) is 4.19. The highest BCUT2D eigenvalue weighted by Gasteiger charge is 2.42. The number of aliphatic carboxylic acids is 1. The van der Waals surface area contributed by atoms with E-state index in [0.717, 1.165) is 22.6 Å². The molecule has 1 fully saturated rings. The topological polar surface area (TPSA) is 76.1 Å². The molecule has 2 aliphatic rings. The van der Waals surface area contributed by atoms with Crippen LogP contribution in [0.2, 0.25) is 0 Å². The van der Waals surface area contributed by atoms with E-state index in [4.69, 9.17) is 9.47 Å². The molecule has 0 radical (unpaired) electrons. The molecule has 28 heavy (non-hydrogen) atoms. The number of ether oxygens (including phenoxy) is 2. The van der Waals surface area contributed by atoms with E-state index in [-0.39, 0.29) is 24.3 Å². The number of nitrogens with zero attached hydrogens (tertiary/aromatic N) is 1. The number of methoxy groups -OCH3 is 1. The number of amides is 1. The molecule has 0 aromatic heterocycles. The molecular weight excluding hydrogens is 358 g/mol. The molecule has 0 spiro atoms. The number of fused-ring (bicyclic) bond motifs is 1. The van der Waals surface area contributed by atoms with Gasteiger partial charge in [-0.1, -0.05) is 30.3 Å². The predicted molar refractivity (Wildman–Crippen MR) is 103 cm³/mol. The lowest BCUT2D eigenvalue weighted by atomic mass is 9.89. The summed E-state index contributed by atoms with van der Waals surface area (Å²) in [5.41, 5.74) is 1.90. The van der Waals surface area contributed by atoms with E-state index in [9.17, 15) is 14.7 Å². The zero-order chi connectivity index (χ0) is 19.7. The second kappa shape index (κ2) is 7.54. The molecule has 6 heteroatoms. The Morgan fingerprint density at radius 2 is 1.93 bits per heavy atom. The molecule has 0 aliphatic carbocycles. The highest BCUT2D eigenvalue weighted by molar-refractivity contribution is 5.82. The van der Waals surface area contributed by atoms with Crippen molar-refractivity contribution in [3.05, 3.63) is 59.7 Å². The molecule has 2 heterocycles. The first-order valence-electron chi connectivity index (χ1n) is 9.43. The van der Waals surface area contributed by atoms with Crippen LogP contribution in [-0.2, 0) is 16.0 Å². The standard InChI is InChI=1S/C22H23NO5/c1-27-17-7-8-20-15(10-17)9-16(13-28-20)21(24)23-11-18(19(12-23)22(25)26)14-5-3-2-4-6-14/h2-8,10,16,18-19H,9,11-13H2,1H3,(H,25,26). The third kappa shape index (κ3) is 3.42. The summed E-state index contributed by atoms with van der Waals surface area (Å²) in [6.07, 6.45) is 0.565. The van der Waals surface area contributed by atoms with Gasteiger partial charge in [-0.3, -0.25) is 9.59 Å². The number of carbonyl (C=O) groups is 2.